The number of rotatable bonds is 3. The van der Waals surface area contributed by atoms with Crippen molar-refractivity contribution in [2.24, 2.45) is 16.7 Å². The molecule has 0 aliphatic heterocycles. The molecule has 2 N–H and O–H groups in total. The molecule has 0 spiro atoms. The summed E-state index contributed by atoms with van der Waals surface area (Å²) in [6.45, 7) is 5.80. The Kier molecular flexibility index (Phi) is 4.12. The van der Waals surface area contributed by atoms with E-state index in [9.17, 15) is 14.7 Å². The van der Waals surface area contributed by atoms with Gasteiger partial charge in [-0.05, 0) is 31.1 Å². The summed E-state index contributed by atoms with van der Waals surface area (Å²) in [5.41, 5.74) is -1.08. The molecular formula is C16H27NO3. The van der Waals surface area contributed by atoms with Gasteiger partial charge in [0.2, 0.25) is 5.91 Å². The van der Waals surface area contributed by atoms with Gasteiger partial charge in [-0.15, -0.1) is 0 Å². The van der Waals surface area contributed by atoms with Crippen LogP contribution < -0.4 is 5.32 Å². The van der Waals surface area contributed by atoms with Gasteiger partial charge in [0.25, 0.3) is 0 Å². The van der Waals surface area contributed by atoms with Gasteiger partial charge in [0.05, 0.1) is 11.3 Å². The second-order valence-corrected chi connectivity index (χ2v) is 7.29. The van der Waals surface area contributed by atoms with E-state index in [-0.39, 0.29) is 11.9 Å². The molecule has 1 amide bonds. The maximum absolute atomic E-state index is 12.7. The summed E-state index contributed by atoms with van der Waals surface area (Å²) in [5, 5.41) is 12.5. The summed E-state index contributed by atoms with van der Waals surface area (Å²) in [4.78, 5) is 24.1. The van der Waals surface area contributed by atoms with Gasteiger partial charge in [-0.1, -0.05) is 40.0 Å². The van der Waals surface area contributed by atoms with E-state index in [2.05, 4.69) is 5.32 Å². The lowest BCUT2D eigenvalue weighted by Crippen LogP contribution is -2.51. The number of carboxylic acid groups (broad SMARTS) is 1. The molecule has 0 aromatic carbocycles. The van der Waals surface area contributed by atoms with E-state index in [1.54, 1.807) is 0 Å². The predicted molar refractivity (Wildman–Crippen MR) is 77.3 cm³/mol. The standard InChI is InChI=1S/C16H27NO3/c1-15(2)12(13(18)19)9-10-16(15,3)14(20)17-11-7-5-4-6-8-11/h11-12H,4-10H2,1-3H3,(H,17,20)(H,18,19). The molecule has 4 heteroatoms. The van der Waals surface area contributed by atoms with Crippen molar-refractivity contribution in [3.8, 4) is 0 Å². The molecule has 20 heavy (non-hydrogen) atoms. The minimum Gasteiger partial charge on any atom is -0.481 e. The molecule has 0 heterocycles. The Balaban J connectivity index is 2.09. The van der Waals surface area contributed by atoms with Crippen molar-refractivity contribution in [2.75, 3.05) is 0 Å². The average molecular weight is 281 g/mol. The Morgan fingerprint density at radius 3 is 2.15 bits per heavy atom. The molecule has 2 rings (SSSR count). The summed E-state index contributed by atoms with van der Waals surface area (Å²) in [6, 6.07) is 0.285. The van der Waals surface area contributed by atoms with Gasteiger partial charge in [0.1, 0.15) is 0 Å². The lowest BCUT2D eigenvalue weighted by Gasteiger charge is -2.40. The molecule has 0 aromatic rings. The molecule has 4 nitrogen and oxygen atoms in total. The van der Waals surface area contributed by atoms with Crippen molar-refractivity contribution in [2.45, 2.75) is 71.8 Å². The minimum absolute atomic E-state index is 0.0538. The van der Waals surface area contributed by atoms with Gasteiger partial charge >= 0.3 is 5.97 Å². The summed E-state index contributed by atoms with van der Waals surface area (Å²) in [7, 11) is 0. The van der Waals surface area contributed by atoms with E-state index in [0.717, 1.165) is 12.8 Å². The quantitative estimate of drug-likeness (QED) is 0.835. The Hall–Kier alpha value is -1.06. The van der Waals surface area contributed by atoms with Crippen molar-refractivity contribution >= 4 is 11.9 Å². The Bertz CT molecular complexity index is 399. The highest BCUT2D eigenvalue weighted by atomic mass is 16.4. The van der Waals surface area contributed by atoms with Gasteiger partial charge in [0, 0.05) is 6.04 Å². The molecule has 2 aliphatic rings. The van der Waals surface area contributed by atoms with Crippen LogP contribution in [0.3, 0.4) is 0 Å². The van der Waals surface area contributed by atoms with Crippen LogP contribution in [0.1, 0.15) is 65.7 Å². The van der Waals surface area contributed by atoms with Crippen LogP contribution in [-0.2, 0) is 9.59 Å². The van der Waals surface area contributed by atoms with Gasteiger partial charge in [-0.2, -0.15) is 0 Å². The number of aliphatic carboxylic acids is 1. The topological polar surface area (TPSA) is 66.4 Å². The first-order valence-electron chi connectivity index (χ1n) is 7.83. The number of nitrogens with one attached hydrogen (secondary N) is 1. The van der Waals surface area contributed by atoms with E-state index in [0.29, 0.717) is 12.8 Å². The minimum atomic E-state index is -0.774. The summed E-state index contributed by atoms with van der Waals surface area (Å²) >= 11 is 0. The van der Waals surface area contributed by atoms with Gasteiger partial charge in [-0.3, -0.25) is 9.59 Å². The van der Waals surface area contributed by atoms with Crippen LogP contribution in [0.4, 0.5) is 0 Å². The van der Waals surface area contributed by atoms with Crippen LogP contribution in [0.2, 0.25) is 0 Å². The normalized spacial score (nSPS) is 33.9. The van der Waals surface area contributed by atoms with E-state index in [1.165, 1.54) is 19.3 Å². The van der Waals surface area contributed by atoms with Crippen molar-refractivity contribution in [1.82, 2.24) is 5.32 Å². The Labute approximate surface area is 121 Å². The van der Waals surface area contributed by atoms with Crippen LogP contribution >= 0.6 is 0 Å². The molecule has 2 fully saturated rings. The number of carbonyl (C=O) groups is 2. The Morgan fingerprint density at radius 2 is 1.65 bits per heavy atom. The third-order valence-corrected chi connectivity index (χ3v) is 5.97. The molecule has 0 radical (unpaired) electrons. The van der Waals surface area contributed by atoms with Crippen LogP contribution in [0.5, 0.6) is 0 Å². The maximum Gasteiger partial charge on any atom is 0.307 e. The van der Waals surface area contributed by atoms with E-state index >= 15 is 0 Å². The molecule has 0 bridgehead atoms. The highest BCUT2D eigenvalue weighted by molar-refractivity contribution is 5.85. The van der Waals surface area contributed by atoms with Crippen molar-refractivity contribution in [3.63, 3.8) is 0 Å². The van der Waals surface area contributed by atoms with Crippen LogP contribution in [-0.4, -0.2) is 23.0 Å². The first-order chi connectivity index (χ1) is 9.29. The van der Waals surface area contributed by atoms with Gasteiger partial charge in [-0.25, -0.2) is 0 Å². The van der Waals surface area contributed by atoms with Crippen LogP contribution in [0.25, 0.3) is 0 Å². The summed E-state index contributed by atoms with van der Waals surface area (Å²) in [5.74, 6) is -1.15. The highest BCUT2D eigenvalue weighted by Gasteiger charge is 2.58. The molecule has 2 aliphatic carbocycles. The van der Waals surface area contributed by atoms with E-state index in [1.807, 2.05) is 20.8 Å². The lowest BCUT2D eigenvalue weighted by atomic mass is 9.65. The molecule has 2 saturated carbocycles. The molecule has 114 valence electrons. The van der Waals surface area contributed by atoms with Crippen LogP contribution in [0, 0.1) is 16.7 Å². The second-order valence-electron chi connectivity index (χ2n) is 7.29. The third kappa shape index (κ3) is 2.45. The zero-order valence-electron chi connectivity index (χ0n) is 12.9. The largest absolute Gasteiger partial charge is 0.481 e. The highest BCUT2D eigenvalue weighted by Crippen LogP contribution is 2.56. The number of carbonyl (C=O) groups excluding carboxylic acids is 1. The molecule has 2 unspecified atom stereocenters. The second kappa shape index (κ2) is 5.38. The molecule has 0 saturated heterocycles. The van der Waals surface area contributed by atoms with Crippen LogP contribution in [0.15, 0.2) is 0 Å². The number of carboxylic acids is 1. The van der Waals surface area contributed by atoms with E-state index in [4.69, 9.17) is 0 Å². The fourth-order valence-corrected chi connectivity index (χ4v) is 3.93. The van der Waals surface area contributed by atoms with Gasteiger partial charge < -0.3 is 10.4 Å². The zero-order valence-corrected chi connectivity index (χ0v) is 12.9. The predicted octanol–water partition coefficient (Wildman–Crippen LogP) is 2.96. The average Bonchev–Trinajstić information content (AvgIpc) is 2.63. The number of hydrogen-bond acceptors (Lipinski definition) is 2. The molecule has 2 atom stereocenters. The molecule has 0 aromatic heterocycles. The third-order valence-electron chi connectivity index (χ3n) is 5.97. The smallest absolute Gasteiger partial charge is 0.307 e. The summed E-state index contributed by atoms with van der Waals surface area (Å²) < 4.78 is 0. The first kappa shape index (κ1) is 15.3. The van der Waals surface area contributed by atoms with Crippen molar-refractivity contribution < 1.29 is 14.7 Å². The molecular weight excluding hydrogens is 254 g/mol. The summed E-state index contributed by atoms with van der Waals surface area (Å²) in [6.07, 6.45) is 7.00. The monoisotopic (exact) mass is 281 g/mol. The Morgan fingerprint density at radius 1 is 1.05 bits per heavy atom. The van der Waals surface area contributed by atoms with Gasteiger partial charge in [0.15, 0.2) is 0 Å². The first-order valence-corrected chi connectivity index (χ1v) is 7.83. The zero-order chi connectivity index (χ0) is 15.0. The number of hydrogen-bond donors (Lipinski definition) is 2. The lowest BCUT2D eigenvalue weighted by molar-refractivity contribution is -0.149. The van der Waals surface area contributed by atoms with Crippen molar-refractivity contribution in [3.05, 3.63) is 0 Å². The van der Waals surface area contributed by atoms with Crippen molar-refractivity contribution in [1.29, 1.82) is 0 Å². The SMILES string of the molecule is CC1(C(=O)NC2CCCCC2)CCC(C(=O)O)C1(C)C. The number of amides is 1. The fraction of sp³-hybridized carbons (Fsp3) is 0.875. The maximum atomic E-state index is 12.7. The fourth-order valence-electron chi connectivity index (χ4n) is 3.93. The van der Waals surface area contributed by atoms with E-state index < -0.39 is 22.7 Å².